The molecule has 1 aliphatic heterocycles. The van der Waals surface area contributed by atoms with Gasteiger partial charge in [0.15, 0.2) is 0 Å². The molecule has 0 atom stereocenters. The van der Waals surface area contributed by atoms with Crippen molar-refractivity contribution in [3.05, 3.63) is 0 Å². The van der Waals surface area contributed by atoms with Crippen LogP contribution in [0.4, 0.5) is 4.79 Å². The summed E-state index contributed by atoms with van der Waals surface area (Å²) in [6.45, 7) is 9.02. The molecule has 1 saturated carbocycles. The van der Waals surface area contributed by atoms with E-state index in [2.05, 4.69) is 10.2 Å². The summed E-state index contributed by atoms with van der Waals surface area (Å²) >= 11 is 0. The molecule has 0 radical (unpaired) electrons. The number of carbonyl (C=O) groups is 2. The number of rotatable bonds is 5. The summed E-state index contributed by atoms with van der Waals surface area (Å²) in [4.78, 5) is 26.6. The number of ether oxygens (including phenoxy) is 2. The monoisotopic (exact) mass is 368 g/mol. The third-order valence-electron chi connectivity index (χ3n) is 5.60. The van der Waals surface area contributed by atoms with Gasteiger partial charge < -0.3 is 19.7 Å². The van der Waals surface area contributed by atoms with Gasteiger partial charge in [-0.05, 0) is 65.5 Å². The van der Waals surface area contributed by atoms with Crippen LogP contribution >= 0.6 is 0 Å². The summed E-state index contributed by atoms with van der Waals surface area (Å²) in [7, 11) is 1.51. The van der Waals surface area contributed by atoms with Crippen molar-refractivity contribution in [1.29, 1.82) is 0 Å². The van der Waals surface area contributed by atoms with E-state index in [0.29, 0.717) is 12.5 Å². The number of nitrogens with zero attached hydrogens (tertiary/aromatic N) is 1. The van der Waals surface area contributed by atoms with Crippen LogP contribution in [0, 0.1) is 11.3 Å². The third kappa shape index (κ3) is 6.15. The Morgan fingerprint density at radius 3 is 2.27 bits per heavy atom. The molecule has 1 N–H and O–H groups in total. The zero-order valence-electron chi connectivity index (χ0n) is 16.9. The standard InChI is InChI=1S/C20H36N2O4/c1-19(2,3)26-18(24)21-14-16-8-12-22(13-9-16)15-20(17(23)25-4)10-6-5-7-11-20/h16H,5-15H2,1-4H3,(H,21,24). The Morgan fingerprint density at radius 1 is 1.12 bits per heavy atom. The van der Waals surface area contributed by atoms with Crippen molar-refractivity contribution in [3.8, 4) is 0 Å². The van der Waals surface area contributed by atoms with Crippen LogP contribution in [0.3, 0.4) is 0 Å². The van der Waals surface area contributed by atoms with Crippen molar-refractivity contribution in [3.63, 3.8) is 0 Å². The lowest BCUT2D eigenvalue weighted by Crippen LogP contribution is -2.48. The lowest BCUT2D eigenvalue weighted by Gasteiger charge is -2.41. The van der Waals surface area contributed by atoms with Crippen LogP contribution in [0.25, 0.3) is 0 Å². The van der Waals surface area contributed by atoms with Crippen molar-refractivity contribution >= 4 is 12.1 Å². The maximum absolute atomic E-state index is 12.4. The molecule has 1 heterocycles. The molecular formula is C20H36N2O4. The predicted molar refractivity (Wildman–Crippen MR) is 101 cm³/mol. The fraction of sp³-hybridized carbons (Fsp3) is 0.900. The van der Waals surface area contributed by atoms with E-state index in [1.165, 1.54) is 13.5 Å². The molecule has 2 fully saturated rings. The minimum atomic E-state index is -0.463. The Balaban J connectivity index is 1.77. The summed E-state index contributed by atoms with van der Waals surface area (Å²) in [5.41, 5.74) is -0.774. The number of nitrogens with one attached hydrogen (secondary N) is 1. The van der Waals surface area contributed by atoms with Gasteiger partial charge in [-0.2, -0.15) is 0 Å². The molecule has 1 amide bonds. The Hall–Kier alpha value is -1.30. The number of likely N-dealkylation sites (tertiary alicyclic amines) is 1. The van der Waals surface area contributed by atoms with E-state index in [1.807, 2.05) is 20.8 Å². The second-order valence-corrected chi connectivity index (χ2v) is 8.93. The van der Waals surface area contributed by atoms with Crippen molar-refractivity contribution in [2.24, 2.45) is 11.3 Å². The minimum Gasteiger partial charge on any atom is -0.469 e. The highest BCUT2D eigenvalue weighted by atomic mass is 16.6. The lowest BCUT2D eigenvalue weighted by molar-refractivity contribution is -0.156. The van der Waals surface area contributed by atoms with Gasteiger partial charge in [-0.1, -0.05) is 19.3 Å². The molecule has 2 aliphatic rings. The summed E-state index contributed by atoms with van der Waals surface area (Å²) < 4.78 is 10.4. The van der Waals surface area contributed by atoms with Gasteiger partial charge in [-0.25, -0.2) is 4.79 Å². The second kappa shape index (κ2) is 9.07. The van der Waals surface area contributed by atoms with Crippen LogP contribution in [0.1, 0.15) is 65.7 Å². The van der Waals surface area contributed by atoms with E-state index in [-0.39, 0.29) is 17.5 Å². The SMILES string of the molecule is COC(=O)C1(CN2CCC(CNC(=O)OC(C)(C)C)CC2)CCCCC1. The number of hydrogen-bond donors (Lipinski definition) is 1. The molecule has 2 rings (SSSR count). The fourth-order valence-corrected chi connectivity index (χ4v) is 4.19. The van der Waals surface area contributed by atoms with E-state index in [9.17, 15) is 9.59 Å². The highest BCUT2D eigenvalue weighted by Crippen LogP contribution is 2.39. The van der Waals surface area contributed by atoms with Crippen molar-refractivity contribution in [2.75, 3.05) is 33.3 Å². The van der Waals surface area contributed by atoms with Gasteiger partial charge in [0.05, 0.1) is 12.5 Å². The van der Waals surface area contributed by atoms with Gasteiger partial charge in [-0.3, -0.25) is 4.79 Å². The minimum absolute atomic E-state index is 0.0362. The molecule has 0 bridgehead atoms. The molecule has 0 aromatic carbocycles. The summed E-state index contributed by atoms with van der Waals surface area (Å²) in [5.74, 6) is 0.435. The smallest absolute Gasteiger partial charge is 0.407 e. The zero-order valence-corrected chi connectivity index (χ0v) is 16.9. The van der Waals surface area contributed by atoms with E-state index < -0.39 is 5.60 Å². The van der Waals surface area contributed by atoms with Crippen molar-refractivity contribution in [1.82, 2.24) is 10.2 Å². The lowest BCUT2D eigenvalue weighted by atomic mass is 9.73. The summed E-state index contributed by atoms with van der Waals surface area (Å²) in [5, 5.41) is 2.89. The maximum atomic E-state index is 12.4. The molecule has 0 spiro atoms. The van der Waals surface area contributed by atoms with Crippen LogP contribution in [-0.2, 0) is 14.3 Å². The average molecular weight is 369 g/mol. The number of amides is 1. The van der Waals surface area contributed by atoms with Crippen molar-refractivity contribution in [2.45, 2.75) is 71.3 Å². The largest absolute Gasteiger partial charge is 0.469 e. The highest BCUT2D eigenvalue weighted by molar-refractivity contribution is 5.77. The topological polar surface area (TPSA) is 67.9 Å². The number of hydrogen-bond acceptors (Lipinski definition) is 5. The first-order chi connectivity index (χ1) is 12.2. The average Bonchev–Trinajstić information content (AvgIpc) is 2.60. The number of methoxy groups -OCH3 is 1. The van der Waals surface area contributed by atoms with Crippen LogP contribution in [0.5, 0.6) is 0 Å². The number of esters is 1. The Labute approximate surface area is 158 Å². The molecule has 6 heteroatoms. The summed E-state index contributed by atoms with van der Waals surface area (Å²) in [6.07, 6.45) is 7.07. The Kier molecular flexibility index (Phi) is 7.33. The van der Waals surface area contributed by atoms with Gasteiger partial charge in [0.25, 0.3) is 0 Å². The van der Waals surface area contributed by atoms with E-state index in [4.69, 9.17) is 9.47 Å². The van der Waals surface area contributed by atoms with Gasteiger partial charge in [0, 0.05) is 13.1 Å². The molecule has 6 nitrogen and oxygen atoms in total. The Morgan fingerprint density at radius 2 is 1.73 bits per heavy atom. The molecule has 0 unspecified atom stereocenters. The first-order valence-corrected chi connectivity index (χ1v) is 10.0. The quantitative estimate of drug-likeness (QED) is 0.754. The first-order valence-electron chi connectivity index (χ1n) is 10.0. The molecular weight excluding hydrogens is 332 g/mol. The van der Waals surface area contributed by atoms with E-state index in [1.54, 1.807) is 0 Å². The zero-order chi connectivity index (χ0) is 19.2. The molecule has 150 valence electrons. The fourth-order valence-electron chi connectivity index (χ4n) is 4.19. The molecule has 0 aromatic rings. The van der Waals surface area contributed by atoms with Gasteiger partial charge in [0.2, 0.25) is 0 Å². The molecule has 0 aromatic heterocycles. The molecule has 26 heavy (non-hydrogen) atoms. The van der Waals surface area contributed by atoms with Crippen LogP contribution < -0.4 is 5.32 Å². The van der Waals surface area contributed by atoms with Crippen LogP contribution in [-0.4, -0.2) is 55.9 Å². The molecule has 1 saturated heterocycles. The Bertz CT molecular complexity index is 473. The number of piperidine rings is 1. The summed E-state index contributed by atoms with van der Waals surface area (Å²) in [6, 6.07) is 0. The van der Waals surface area contributed by atoms with Gasteiger partial charge in [0.1, 0.15) is 5.60 Å². The number of alkyl carbamates (subject to hydrolysis) is 1. The predicted octanol–water partition coefficient (Wildman–Crippen LogP) is 3.35. The van der Waals surface area contributed by atoms with Crippen LogP contribution in [0.2, 0.25) is 0 Å². The third-order valence-corrected chi connectivity index (χ3v) is 5.60. The normalized spacial score (nSPS) is 21.8. The highest BCUT2D eigenvalue weighted by Gasteiger charge is 2.42. The molecule has 1 aliphatic carbocycles. The van der Waals surface area contributed by atoms with Gasteiger partial charge in [-0.15, -0.1) is 0 Å². The first kappa shape index (κ1) is 21.0. The van der Waals surface area contributed by atoms with Crippen LogP contribution in [0.15, 0.2) is 0 Å². The van der Waals surface area contributed by atoms with E-state index in [0.717, 1.165) is 58.2 Å². The van der Waals surface area contributed by atoms with Crippen molar-refractivity contribution < 1.29 is 19.1 Å². The van der Waals surface area contributed by atoms with E-state index >= 15 is 0 Å². The van der Waals surface area contributed by atoms with Gasteiger partial charge >= 0.3 is 12.1 Å². The maximum Gasteiger partial charge on any atom is 0.407 e. The second-order valence-electron chi connectivity index (χ2n) is 8.93. The number of carbonyl (C=O) groups excluding carboxylic acids is 2.